The molecule has 104 valence electrons. The van der Waals surface area contributed by atoms with E-state index >= 15 is 0 Å². The van der Waals surface area contributed by atoms with E-state index in [0.717, 1.165) is 10.0 Å². The minimum Gasteiger partial charge on any atom is -0.459 e. The lowest BCUT2D eigenvalue weighted by molar-refractivity contribution is -0.0240. The van der Waals surface area contributed by atoms with Crippen LogP contribution in [0.1, 0.15) is 22.2 Å². The molecule has 5 heteroatoms. The standard InChI is InChI=1S/C15H14BrNO3/c16-12-5-2-1-4-11(12)14-10-17(7-9-20-14)15(18)13-6-3-8-19-13/h1-6,8,14H,7,9-10H2/t14-/m1/s1. The van der Waals surface area contributed by atoms with E-state index < -0.39 is 0 Å². The highest BCUT2D eigenvalue weighted by molar-refractivity contribution is 9.10. The normalized spacial score (nSPS) is 19.1. The maximum absolute atomic E-state index is 12.3. The highest BCUT2D eigenvalue weighted by Gasteiger charge is 2.28. The minimum atomic E-state index is -0.113. The Hall–Kier alpha value is -1.59. The third kappa shape index (κ3) is 2.64. The SMILES string of the molecule is O=C(c1ccco1)N1CCO[C@@H](c2ccccc2Br)C1. The zero-order chi connectivity index (χ0) is 13.9. The van der Waals surface area contributed by atoms with E-state index in [9.17, 15) is 4.79 Å². The molecule has 0 spiro atoms. The molecule has 0 saturated carbocycles. The maximum Gasteiger partial charge on any atom is 0.289 e. The highest BCUT2D eigenvalue weighted by atomic mass is 79.9. The predicted molar refractivity (Wildman–Crippen MR) is 77.4 cm³/mol. The second-order valence-corrected chi connectivity index (χ2v) is 5.46. The first kappa shape index (κ1) is 13.4. The summed E-state index contributed by atoms with van der Waals surface area (Å²) in [5.41, 5.74) is 1.06. The summed E-state index contributed by atoms with van der Waals surface area (Å²) in [4.78, 5) is 14.1. The number of morpholine rings is 1. The molecule has 1 aliphatic rings. The Morgan fingerprint density at radius 3 is 2.85 bits per heavy atom. The van der Waals surface area contributed by atoms with Crippen LogP contribution in [0, 0.1) is 0 Å². The van der Waals surface area contributed by atoms with Crippen molar-refractivity contribution >= 4 is 21.8 Å². The van der Waals surface area contributed by atoms with Gasteiger partial charge in [0.1, 0.15) is 6.10 Å². The van der Waals surface area contributed by atoms with Gasteiger partial charge in [-0.15, -0.1) is 0 Å². The smallest absolute Gasteiger partial charge is 0.289 e. The lowest BCUT2D eigenvalue weighted by atomic mass is 10.1. The van der Waals surface area contributed by atoms with E-state index in [2.05, 4.69) is 15.9 Å². The summed E-state index contributed by atoms with van der Waals surface area (Å²) in [7, 11) is 0. The minimum absolute atomic E-state index is 0.0876. The average Bonchev–Trinajstić information content (AvgIpc) is 3.01. The van der Waals surface area contributed by atoms with E-state index in [0.29, 0.717) is 25.5 Å². The number of carbonyl (C=O) groups is 1. The first-order valence-electron chi connectivity index (χ1n) is 6.44. The van der Waals surface area contributed by atoms with Crippen molar-refractivity contribution in [3.8, 4) is 0 Å². The second-order valence-electron chi connectivity index (χ2n) is 4.61. The molecular weight excluding hydrogens is 322 g/mol. The summed E-state index contributed by atoms with van der Waals surface area (Å²) in [6, 6.07) is 11.3. The van der Waals surface area contributed by atoms with Gasteiger partial charge in [-0.05, 0) is 23.8 Å². The molecule has 0 aliphatic carbocycles. The zero-order valence-electron chi connectivity index (χ0n) is 10.8. The molecule has 0 radical (unpaired) electrons. The van der Waals surface area contributed by atoms with Gasteiger partial charge in [-0.1, -0.05) is 34.1 Å². The van der Waals surface area contributed by atoms with Crippen LogP contribution in [0.4, 0.5) is 0 Å². The van der Waals surface area contributed by atoms with Crippen molar-refractivity contribution in [2.24, 2.45) is 0 Å². The summed E-state index contributed by atoms with van der Waals surface area (Å²) < 4.78 is 12.0. The molecular formula is C15H14BrNO3. The summed E-state index contributed by atoms with van der Waals surface area (Å²) in [5, 5.41) is 0. The van der Waals surface area contributed by atoms with E-state index in [4.69, 9.17) is 9.15 Å². The van der Waals surface area contributed by atoms with Gasteiger partial charge in [-0.3, -0.25) is 4.79 Å². The first-order chi connectivity index (χ1) is 9.75. The molecule has 2 heterocycles. The Bertz CT molecular complexity index is 597. The van der Waals surface area contributed by atoms with Gasteiger partial charge in [0.05, 0.1) is 19.4 Å². The second kappa shape index (κ2) is 5.81. The van der Waals surface area contributed by atoms with Crippen molar-refractivity contribution in [1.29, 1.82) is 0 Å². The van der Waals surface area contributed by atoms with Gasteiger partial charge in [0.2, 0.25) is 0 Å². The van der Waals surface area contributed by atoms with Gasteiger partial charge in [0.15, 0.2) is 5.76 Å². The quantitative estimate of drug-likeness (QED) is 0.845. The molecule has 1 saturated heterocycles. The van der Waals surface area contributed by atoms with Crippen LogP contribution in [-0.2, 0) is 4.74 Å². The van der Waals surface area contributed by atoms with Gasteiger partial charge in [0.25, 0.3) is 5.91 Å². The number of hydrogen-bond donors (Lipinski definition) is 0. The van der Waals surface area contributed by atoms with E-state index in [1.54, 1.807) is 17.0 Å². The van der Waals surface area contributed by atoms with E-state index in [-0.39, 0.29) is 12.0 Å². The fraction of sp³-hybridized carbons (Fsp3) is 0.267. The topological polar surface area (TPSA) is 42.7 Å². The van der Waals surface area contributed by atoms with Crippen LogP contribution in [-0.4, -0.2) is 30.5 Å². The number of halogens is 1. The van der Waals surface area contributed by atoms with E-state index in [1.807, 2.05) is 24.3 Å². The predicted octanol–water partition coefficient (Wildman–Crippen LogP) is 3.26. The average molecular weight is 336 g/mol. The molecule has 2 aromatic rings. The molecule has 0 N–H and O–H groups in total. The van der Waals surface area contributed by atoms with E-state index in [1.165, 1.54) is 6.26 Å². The monoisotopic (exact) mass is 335 g/mol. The Morgan fingerprint density at radius 1 is 1.25 bits per heavy atom. The Morgan fingerprint density at radius 2 is 2.10 bits per heavy atom. The summed E-state index contributed by atoms with van der Waals surface area (Å²) in [6.07, 6.45) is 1.40. The molecule has 1 fully saturated rings. The molecule has 20 heavy (non-hydrogen) atoms. The Labute approximate surface area is 125 Å². The Kier molecular flexibility index (Phi) is 3.89. The van der Waals surface area contributed by atoms with Gasteiger partial charge in [-0.25, -0.2) is 0 Å². The molecule has 4 nitrogen and oxygen atoms in total. The van der Waals surface area contributed by atoms with Gasteiger partial charge >= 0.3 is 0 Å². The number of amides is 1. The molecule has 1 aliphatic heterocycles. The van der Waals surface area contributed by atoms with Crippen molar-refractivity contribution in [3.63, 3.8) is 0 Å². The lowest BCUT2D eigenvalue weighted by Gasteiger charge is -2.33. The van der Waals surface area contributed by atoms with Gasteiger partial charge < -0.3 is 14.1 Å². The van der Waals surface area contributed by atoms with Crippen LogP contribution in [0.2, 0.25) is 0 Å². The number of nitrogens with zero attached hydrogens (tertiary/aromatic N) is 1. The highest BCUT2D eigenvalue weighted by Crippen LogP contribution is 2.29. The number of hydrogen-bond acceptors (Lipinski definition) is 3. The van der Waals surface area contributed by atoms with Crippen molar-refractivity contribution in [2.45, 2.75) is 6.10 Å². The number of ether oxygens (including phenoxy) is 1. The van der Waals surface area contributed by atoms with Crippen LogP contribution in [0.15, 0.2) is 51.6 Å². The molecule has 1 aromatic heterocycles. The van der Waals surface area contributed by atoms with Crippen LogP contribution in [0.25, 0.3) is 0 Å². The van der Waals surface area contributed by atoms with Crippen LogP contribution >= 0.6 is 15.9 Å². The first-order valence-corrected chi connectivity index (χ1v) is 7.24. The van der Waals surface area contributed by atoms with Gasteiger partial charge in [-0.2, -0.15) is 0 Å². The number of carbonyl (C=O) groups excluding carboxylic acids is 1. The number of furan rings is 1. The van der Waals surface area contributed by atoms with Crippen LogP contribution in [0.3, 0.4) is 0 Å². The fourth-order valence-corrected chi connectivity index (χ4v) is 2.85. The van der Waals surface area contributed by atoms with Crippen LogP contribution < -0.4 is 0 Å². The van der Waals surface area contributed by atoms with Crippen molar-refractivity contribution in [1.82, 2.24) is 4.90 Å². The third-order valence-corrected chi connectivity index (χ3v) is 4.06. The molecule has 1 atom stereocenters. The maximum atomic E-state index is 12.3. The molecule has 0 bridgehead atoms. The Balaban J connectivity index is 1.77. The fourth-order valence-electron chi connectivity index (χ4n) is 2.31. The van der Waals surface area contributed by atoms with Crippen molar-refractivity contribution in [3.05, 3.63) is 58.5 Å². The summed E-state index contributed by atoms with van der Waals surface area (Å²) in [5.74, 6) is 0.285. The zero-order valence-corrected chi connectivity index (χ0v) is 12.4. The van der Waals surface area contributed by atoms with Crippen molar-refractivity contribution in [2.75, 3.05) is 19.7 Å². The van der Waals surface area contributed by atoms with Crippen LogP contribution in [0.5, 0.6) is 0 Å². The molecule has 0 unspecified atom stereocenters. The molecule has 1 amide bonds. The third-order valence-electron chi connectivity index (χ3n) is 3.34. The number of rotatable bonds is 2. The number of benzene rings is 1. The summed E-state index contributed by atoms with van der Waals surface area (Å²) in [6.45, 7) is 1.64. The summed E-state index contributed by atoms with van der Waals surface area (Å²) >= 11 is 3.53. The molecule has 3 rings (SSSR count). The lowest BCUT2D eigenvalue weighted by Crippen LogP contribution is -2.42. The van der Waals surface area contributed by atoms with Crippen molar-refractivity contribution < 1.29 is 13.9 Å². The van der Waals surface area contributed by atoms with Gasteiger partial charge in [0, 0.05) is 11.0 Å². The molecule has 1 aromatic carbocycles. The largest absolute Gasteiger partial charge is 0.459 e.